The van der Waals surface area contributed by atoms with E-state index in [0.29, 0.717) is 30.8 Å². The monoisotopic (exact) mass is 385 g/mol. The third-order valence-corrected chi connectivity index (χ3v) is 4.55. The summed E-state index contributed by atoms with van der Waals surface area (Å²) in [5.41, 5.74) is -0.200. The number of carbonyl (C=O) groups is 2. The molecule has 0 aromatic heterocycles. The van der Waals surface area contributed by atoms with Crippen molar-refractivity contribution in [3.63, 3.8) is 0 Å². The standard InChI is InChI=1S/C18H27N3O4.ClH/c1-4-21(17(23)18(25-3)8-10-19-11-9-18)13-16(22)20-14-6-5-7-15(12-14)24-2;/h5-7,12,19H,4,8-11,13H2,1-3H3,(H,20,22);1H. The molecule has 0 spiro atoms. The van der Waals surface area contributed by atoms with Crippen molar-refractivity contribution in [3.8, 4) is 5.75 Å². The van der Waals surface area contributed by atoms with Crippen molar-refractivity contribution in [2.75, 3.05) is 45.7 Å². The van der Waals surface area contributed by atoms with Gasteiger partial charge in [0.05, 0.1) is 13.7 Å². The van der Waals surface area contributed by atoms with Gasteiger partial charge in [-0.15, -0.1) is 12.4 Å². The van der Waals surface area contributed by atoms with Crippen LogP contribution in [0.4, 0.5) is 5.69 Å². The molecule has 1 aromatic rings. The third kappa shape index (κ3) is 5.33. The van der Waals surface area contributed by atoms with Gasteiger partial charge in [0.2, 0.25) is 5.91 Å². The molecule has 0 aliphatic carbocycles. The minimum absolute atomic E-state index is 0. The Morgan fingerprint density at radius 1 is 1.27 bits per heavy atom. The Kier molecular flexibility index (Phi) is 8.84. The maximum Gasteiger partial charge on any atom is 0.255 e. The largest absolute Gasteiger partial charge is 0.497 e. The first-order chi connectivity index (χ1) is 12.0. The Morgan fingerprint density at radius 2 is 1.96 bits per heavy atom. The minimum Gasteiger partial charge on any atom is -0.497 e. The van der Waals surface area contributed by atoms with E-state index >= 15 is 0 Å². The highest BCUT2D eigenvalue weighted by atomic mass is 35.5. The molecule has 1 fully saturated rings. The summed E-state index contributed by atoms with van der Waals surface area (Å²) >= 11 is 0. The number of hydrogen-bond donors (Lipinski definition) is 2. The van der Waals surface area contributed by atoms with Crippen LogP contribution in [0.25, 0.3) is 0 Å². The SMILES string of the molecule is CCN(CC(=O)Nc1cccc(OC)c1)C(=O)C1(OC)CCNCC1.Cl. The van der Waals surface area contributed by atoms with Gasteiger partial charge in [0.25, 0.3) is 5.91 Å². The number of ether oxygens (including phenoxy) is 2. The van der Waals surface area contributed by atoms with E-state index in [1.54, 1.807) is 43.4 Å². The summed E-state index contributed by atoms with van der Waals surface area (Å²) < 4.78 is 10.7. The van der Waals surface area contributed by atoms with Crippen LogP contribution >= 0.6 is 12.4 Å². The van der Waals surface area contributed by atoms with Crippen molar-refractivity contribution in [2.24, 2.45) is 0 Å². The highest BCUT2D eigenvalue weighted by molar-refractivity contribution is 5.96. The van der Waals surface area contributed by atoms with Gasteiger partial charge in [-0.05, 0) is 45.0 Å². The van der Waals surface area contributed by atoms with Gasteiger partial charge in [-0.25, -0.2) is 0 Å². The van der Waals surface area contributed by atoms with Crippen molar-refractivity contribution < 1.29 is 19.1 Å². The number of amides is 2. The predicted molar refractivity (Wildman–Crippen MR) is 103 cm³/mol. The number of nitrogens with one attached hydrogen (secondary N) is 2. The van der Waals surface area contributed by atoms with Crippen LogP contribution in [-0.2, 0) is 14.3 Å². The molecule has 2 rings (SSSR count). The highest BCUT2D eigenvalue weighted by Gasteiger charge is 2.42. The number of nitrogens with zero attached hydrogens (tertiary/aromatic N) is 1. The van der Waals surface area contributed by atoms with Crippen LogP contribution in [0.1, 0.15) is 19.8 Å². The van der Waals surface area contributed by atoms with E-state index in [-0.39, 0.29) is 30.8 Å². The Bertz CT molecular complexity index is 606. The molecule has 26 heavy (non-hydrogen) atoms. The van der Waals surface area contributed by atoms with E-state index in [1.165, 1.54) is 0 Å². The van der Waals surface area contributed by atoms with E-state index < -0.39 is 5.60 Å². The molecule has 0 unspecified atom stereocenters. The molecule has 0 bridgehead atoms. The van der Waals surface area contributed by atoms with Crippen LogP contribution in [0.5, 0.6) is 5.75 Å². The molecular weight excluding hydrogens is 358 g/mol. The van der Waals surface area contributed by atoms with Crippen LogP contribution in [0, 0.1) is 0 Å². The van der Waals surface area contributed by atoms with Gasteiger partial charge in [0.15, 0.2) is 0 Å². The lowest BCUT2D eigenvalue weighted by molar-refractivity contribution is -0.159. The second-order valence-electron chi connectivity index (χ2n) is 6.05. The van der Waals surface area contributed by atoms with Gasteiger partial charge in [-0.1, -0.05) is 6.07 Å². The van der Waals surface area contributed by atoms with Crippen molar-refractivity contribution in [2.45, 2.75) is 25.4 Å². The van der Waals surface area contributed by atoms with Crippen molar-refractivity contribution in [3.05, 3.63) is 24.3 Å². The molecule has 0 atom stereocenters. The molecule has 1 aromatic carbocycles. The number of halogens is 1. The number of rotatable bonds is 7. The fraction of sp³-hybridized carbons (Fsp3) is 0.556. The molecule has 0 saturated carbocycles. The first-order valence-electron chi connectivity index (χ1n) is 8.54. The quantitative estimate of drug-likeness (QED) is 0.746. The number of piperidine rings is 1. The first kappa shape index (κ1) is 22.2. The zero-order chi connectivity index (χ0) is 18.3. The molecule has 1 aliphatic heterocycles. The van der Waals surface area contributed by atoms with Crippen LogP contribution < -0.4 is 15.4 Å². The average Bonchev–Trinajstić information content (AvgIpc) is 2.66. The van der Waals surface area contributed by atoms with E-state index in [0.717, 1.165) is 13.1 Å². The number of anilines is 1. The summed E-state index contributed by atoms with van der Waals surface area (Å²) in [6.07, 6.45) is 1.21. The number of methoxy groups -OCH3 is 2. The second kappa shape index (κ2) is 10.4. The minimum atomic E-state index is -0.836. The fourth-order valence-corrected chi connectivity index (χ4v) is 3.03. The lowest BCUT2D eigenvalue weighted by Crippen LogP contribution is -2.56. The molecule has 146 valence electrons. The van der Waals surface area contributed by atoms with Crippen molar-refractivity contribution in [1.29, 1.82) is 0 Å². The molecule has 1 aliphatic rings. The molecule has 2 amide bonds. The normalized spacial score (nSPS) is 15.5. The Balaban J connectivity index is 0.00000338. The maximum atomic E-state index is 12.9. The Labute approximate surface area is 160 Å². The van der Waals surface area contributed by atoms with Crippen molar-refractivity contribution in [1.82, 2.24) is 10.2 Å². The smallest absolute Gasteiger partial charge is 0.255 e. The summed E-state index contributed by atoms with van der Waals surface area (Å²) in [6, 6.07) is 7.12. The number of benzene rings is 1. The highest BCUT2D eigenvalue weighted by Crippen LogP contribution is 2.25. The average molecular weight is 386 g/mol. The lowest BCUT2D eigenvalue weighted by atomic mass is 9.90. The maximum absolute atomic E-state index is 12.9. The van der Waals surface area contributed by atoms with Crippen LogP contribution in [0.3, 0.4) is 0 Å². The van der Waals surface area contributed by atoms with Crippen LogP contribution in [0.2, 0.25) is 0 Å². The molecule has 0 radical (unpaired) electrons. The van der Waals surface area contributed by atoms with E-state index in [2.05, 4.69) is 10.6 Å². The van der Waals surface area contributed by atoms with Crippen LogP contribution in [-0.4, -0.2) is 62.7 Å². The lowest BCUT2D eigenvalue weighted by Gasteiger charge is -2.38. The predicted octanol–water partition coefficient (Wildman–Crippen LogP) is 1.67. The summed E-state index contributed by atoms with van der Waals surface area (Å²) in [4.78, 5) is 26.9. The molecule has 1 saturated heterocycles. The van der Waals surface area contributed by atoms with E-state index in [4.69, 9.17) is 9.47 Å². The summed E-state index contributed by atoms with van der Waals surface area (Å²) in [5.74, 6) is 0.290. The summed E-state index contributed by atoms with van der Waals surface area (Å²) in [6.45, 7) is 3.76. The zero-order valence-electron chi connectivity index (χ0n) is 15.5. The second-order valence-corrected chi connectivity index (χ2v) is 6.05. The van der Waals surface area contributed by atoms with Gasteiger partial charge < -0.3 is 25.0 Å². The topological polar surface area (TPSA) is 79.9 Å². The van der Waals surface area contributed by atoms with Crippen molar-refractivity contribution >= 4 is 29.9 Å². The van der Waals surface area contributed by atoms with E-state index in [1.807, 2.05) is 6.92 Å². The van der Waals surface area contributed by atoms with Gasteiger partial charge >= 0.3 is 0 Å². The molecule has 1 heterocycles. The molecular formula is C18H28ClN3O4. The first-order valence-corrected chi connectivity index (χ1v) is 8.54. The molecule has 2 N–H and O–H groups in total. The van der Waals surface area contributed by atoms with E-state index in [9.17, 15) is 9.59 Å². The number of hydrogen-bond acceptors (Lipinski definition) is 5. The molecule has 8 heteroatoms. The number of carbonyl (C=O) groups excluding carboxylic acids is 2. The Hall–Kier alpha value is -1.83. The van der Waals surface area contributed by atoms with Gasteiger partial charge in [0.1, 0.15) is 11.4 Å². The summed E-state index contributed by atoms with van der Waals surface area (Å²) in [7, 11) is 3.13. The third-order valence-electron chi connectivity index (χ3n) is 4.55. The fourth-order valence-electron chi connectivity index (χ4n) is 3.03. The zero-order valence-corrected chi connectivity index (χ0v) is 16.4. The van der Waals surface area contributed by atoms with Gasteiger partial charge in [-0.2, -0.15) is 0 Å². The Morgan fingerprint density at radius 3 is 2.54 bits per heavy atom. The summed E-state index contributed by atoms with van der Waals surface area (Å²) in [5, 5.41) is 6.03. The van der Waals surface area contributed by atoms with Gasteiger partial charge in [0, 0.05) is 25.4 Å². The molecule has 7 nitrogen and oxygen atoms in total. The number of likely N-dealkylation sites (N-methyl/N-ethyl adjacent to an activating group) is 1. The van der Waals surface area contributed by atoms with Crippen LogP contribution in [0.15, 0.2) is 24.3 Å². The van der Waals surface area contributed by atoms with Gasteiger partial charge in [-0.3, -0.25) is 9.59 Å².